The Labute approximate surface area is 148 Å². The Morgan fingerprint density at radius 2 is 1.73 bits per heavy atom. The first-order chi connectivity index (χ1) is 12.4. The van der Waals surface area contributed by atoms with E-state index in [2.05, 4.69) is 40.4 Å². The summed E-state index contributed by atoms with van der Waals surface area (Å²) >= 11 is 0. The minimum Gasteiger partial charge on any atom is -0.355 e. The summed E-state index contributed by atoms with van der Waals surface area (Å²) in [6.45, 7) is 3.61. The normalized spacial score (nSPS) is 16.4. The Bertz CT molecular complexity index is 926. The van der Waals surface area contributed by atoms with Crippen LogP contribution >= 0.6 is 0 Å². The highest BCUT2D eigenvalue weighted by Crippen LogP contribution is 2.32. The highest BCUT2D eigenvalue weighted by Gasteiger charge is 2.38. The molecule has 0 N–H and O–H groups in total. The van der Waals surface area contributed by atoms with Gasteiger partial charge in [-0.3, -0.25) is 0 Å². The minimum atomic E-state index is -4.58. The first-order valence-electron chi connectivity index (χ1n) is 8.53. The van der Waals surface area contributed by atoms with Crippen LogP contribution in [0.1, 0.15) is 35.7 Å². The van der Waals surface area contributed by atoms with Crippen LogP contribution < -0.4 is 4.90 Å². The van der Waals surface area contributed by atoms with Crippen molar-refractivity contribution >= 4 is 11.5 Å². The fourth-order valence-corrected chi connectivity index (χ4v) is 3.59. The molecule has 0 unspecified atom stereocenters. The molecule has 0 saturated carbocycles. The lowest BCUT2D eigenvalue weighted by molar-refractivity contribution is -0.146. The van der Waals surface area contributed by atoms with Crippen molar-refractivity contribution in [2.45, 2.75) is 31.9 Å². The maximum Gasteiger partial charge on any atom is 0.453 e. The smallest absolute Gasteiger partial charge is 0.355 e. The largest absolute Gasteiger partial charge is 0.453 e. The van der Waals surface area contributed by atoms with Crippen molar-refractivity contribution in [3.05, 3.63) is 53.3 Å². The molecule has 3 aromatic rings. The summed E-state index contributed by atoms with van der Waals surface area (Å²) in [7, 11) is 0. The summed E-state index contributed by atoms with van der Waals surface area (Å²) in [5.41, 5.74) is 2.73. The van der Waals surface area contributed by atoms with E-state index < -0.39 is 12.0 Å². The van der Waals surface area contributed by atoms with Crippen molar-refractivity contribution in [1.82, 2.24) is 19.8 Å². The van der Waals surface area contributed by atoms with Gasteiger partial charge in [0.15, 0.2) is 5.65 Å². The molecular weight excluding hydrogens is 343 g/mol. The van der Waals surface area contributed by atoms with Gasteiger partial charge in [-0.25, -0.2) is 0 Å². The number of hydrogen-bond acceptors (Lipinski definition) is 4. The van der Waals surface area contributed by atoms with Gasteiger partial charge in [-0.15, -0.1) is 15.3 Å². The average Bonchev–Trinajstić information content (AvgIpc) is 3.06. The van der Waals surface area contributed by atoms with Crippen molar-refractivity contribution in [3.63, 3.8) is 0 Å². The molecule has 0 bridgehead atoms. The predicted octanol–water partition coefficient (Wildman–Crippen LogP) is 3.84. The highest BCUT2D eigenvalue weighted by atomic mass is 19.4. The summed E-state index contributed by atoms with van der Waals surface area (Å²) in [5.74, 6) is -0.105. The van der Waals surface area contributed by atoms with Crippen molar-refractivity contribution in [3.8, 4) is 0 Å². The molecule has 2 aromatic heterocycles. The Balaban J connectivity index is 1.55. The van der Waals surface area contributed by atoms with Crippen LogP contribution in [0.2, 0.25) is 0 Å². The fourth-order valence-electron chi connectivity index (χ4n) is 3.59. The van der Waals surface area contributed by atoms with Gasteiger partial charge in [-0.05, 0) is 48.9 Å². The monoisotopic (exact) mass is 361 g/mol. The number of benzene rings is 1. The average molecular weight is 361 g/mol. The number of fused-ring (bicyclic) bond motifs is 1. The minimum absolute atomic E-state index is 0.0934. The van der Waals surface area contributed by atoms with Crippen LogP contribution in [0.5, 0.6) is 0 Å². The van der Waals surface area contributed by atoms with Gasteiger partial charge >= 0.3 is 6.18 Å². The molecule has 3 heterocycles. The lowest BCUT2D eigenvalue weighted by Crippen LogP contribution is -2.34. The number of nitrogens with zero attached hydrogens (tertiary/aromatic N) is 5. The second-order valence-corrected chi connectivity index (χ2v) is 6.60. The molecule has 4 rings (SSSR count). The summed E-state index contributed by atoms with van der Waals surface area (Å²) < 4.78 is 39.9. The molecule has 0 amide bonds. The zero-order chi connectivity index (χ0) is 18.3. The Kier molecular flexibility index (Phi) is 4.05. The van der Waals surface area contributed by atoms with Gasteiger partial charge in [0.05, 0.1) is 0 Å². The molecular formula is C18H18F3N5. The van der Waals surface area contributed by atoms with E-state index in [-0.39, 0.29) is 5.65 Å². The van der Waals surface area contributed by atoms with E-state index in [0.29, 0.717) is 11.7 Å². The molecule has 5 nitrogen and oxygen atoms in total. The molecule has 0 atom stereocenters. The standard InChI is InChI=1S/C18H18F3N5/c1-12-4-2-3-5-14(12)13-8-10-25(11-9-13)16-7-6-15-22-23-17(18(19,20)21)26(15)24-16/h2-7,13H,8-11H2,1H3. The van der Waals surface area contributed by atoms with E-state index in [0.717, 1.165) is 30.4 Å². The number of aromatic nitrogens is 4. The molecule has 1 fully saturated rings. The molecule has 136 valence electrons. The van der Waals surface area contributed by atoms with Crippen LogP contribution in [-0.2, 0) is 6.18 Å². The first-order valence-corrected chi connectivity index (χ1v) is 8.53. The summed E-state index contributed by atoms with van der Waals surface area (Å²) in [5, 5.41) is 10.9. The van der Waals surface area contributed by atoms with Crippen molar-refractivity contribution in [2.75, 3.05) is 18.0 Å². The van der Waals surface area contributed by atoms with Crippen LogP contribution in [0.25, 0.3) is 5.65 Å². The van der Waals surface area contributed by atoms with Gasteiger partial charge in [0, 0.05) is 13.1 Å². The van der Waals surface area contributed by atoms with Gasteiger partial charge in [0.25, 0.3) is 5.82 Å². The molecule has 1 aliphatic heterocycles. The lowest BCUT2D eigenvalue weighted by Gasteiger charge is -2.33. The van der Waals surface area contributed by atoms with E-state index in [1.807, 2.05) is 11.0 Å². The van der Waals surface area contributed by atoms with Crippen LogP contribution in [-0.4, -0.2) is 32.9 Å². The quantitative estimate of drug-likeness (QED) is 0.696. The maximum absolute atomic E-state index is 13.0. The van der Waals surface area contributed by atoms with Crippen molar-refractivity contribution in [2.24, 2.45) is 0 Å². The summed E-state index contributed by atoms with van der Waals surface area (Å²) in [4.78, 5) is 2.02. The molecule has 26 heavy (non-hydrogen) atoms. The maximum atomic E-state index is 13.0. The van der Waals surface area contributed by atoms with E-state index >= 15 is 0 Å². The molecule has 1 saturated heterocycles. The molecule has 0 radical (unpaired) electrons. The van der Waals surface area contributed by atoms with Crippen LogP contribution in [0.4, 0.5) is 19.0 Å². The van der Waals surface area contributed by atoms with Crippen molar-refractivity contribution < 1.29 is 13.2 Å². The van der Waals surface area contributed by atoms with E-state index in [4.69, 9.17) is 0 Å². The third-order valence-electron chi connectivity index (χ3n) is 4.95. The SMILES string of the molecule is Cc1ccccc1C1CCN(c2ccc3nnc(C(F)(F)F)n3n2)CC1. The third kappa shape index (κ3) is 3.00. The first kappa shape index (κ1) is 16.8. The second-order valence-electron chi connectivity index (χ2n) is 6.60. The topological polar surface area (TPSA) is 46.3 Å². The zero-order valence-corrected chi connectivity index (χ0v) is 14.2. The Morgan fingerprint density at radius 3 is 2.42 bits per heavy atom. The molecule has 0 spiro atoms. The number of piperidine rings is 1. The highest BCUT2D eigenvalue weighted by molar-refractivity contribution is 5.46. The molecule has 8 heteroatoms. The predicted molar refractivity (Wildman–Crippen MR) is 91.2 cm³/mol. The van der Waals surface area contributed by atoms with E-state index in [1.54, 1.807) is 6.07 Å². The van der Waals surface area contributed by atoms with Crippen LogP contribution in [0, 0.1) is 6.92 Å². The summed E-state index contributed by atoms with van der Waals surface area (Å²) in [6.07, 6.45) is -2.69. The third-order valence-corrected chi connectivity index (χ3v) is 4.95. The number of anilines is 1. The van der Waals surface area contributed by atoms with Crippen molar-refractivity contribution in [1.29, 1.82) is 0 Å². The molecule has 1 aromatic carbocycles. The van der Waals surface area contributed by atoms with Gasteiger partial charge < -0.3 is 4.90 Å². The number of rotatable bonds is 2. The number of halogens is 3. The molecule has 0 aliphatic carbocycles. The Morgan fingerprint density at radius 1 is 1.00 bits per heavy atom. The lowest BCUT2D eigenvalue weighted by atomic mass is 9.87. The zero-order valence-electron chi connectivity index (χ0n) is 14.2. The Hall–Kier alpha value is -2.64. The van der Waals surface area contributed by atoms with Gasteiger partial charge in [0.1, 0.15) is 5.82 Å². The van der Waals surface area contributed by atoms with Crippen LogP contribution in [0.15, 0.2) is 36.4 Å². The fraction of sp³-hybridized carbons (Fsp3) is 0.389. The van der Waals surface area contributed by atoms with Gasteiger partial charge in [-0.2, -0.15) is 17.7 Å². The number of hydrogen-bond donors (Lipinski definition) is 0. The van der Waals surface area contributed by atoms with Gasteiger partial charge in [0.2, 0.25) is 0 Å². The second kappa shape index (κ2) is 6.26. The summed E-state index contributed by atoms with van der Waals surface area (Å²) in [6, 6.07) is 11.6. The molecule has 1 aliphatic rings. The van der Waals surface area contributed by atoms with E-state index in [9.17, 15) is 13.2 Å². The number of alkyl halides is 3. The van der Waals surface area contributed by atoms with E-state index in [1.165, 1.54) is 17.2 Å². The number of aryl methyl sites for hydroxylation is 1. The van der Waals surface area contributed by atoms with Gasteiger partial charge in [-0.1, -0.05) is 24.3 Å². The van der Waals surface area contributed by atoms with Crippen LogP contribution in [0.3, 0.4) is 0 Å².